The van der Waals surface area contributed by atoms with Crippen LogP contribution < -0.4 is 5.32 Å². The fourth-order valence-corrected chi connectivity index (χ4v) is 1.55. The molecule has 6 heteroatoms. The maximum Gasteiger partial charge on any atom is 0.305 e. The molecule has 2 N–H and O–H groups in total. The number of hydrogen-bond acceptors (Lipinski definition) is 5. The van der Waals surface area contributed by atoms with Crippen LogP contribution >= 0.6 is 11.5 Å². The zero-order valence-electron chi connectivity index (χ0n) is 8.15. The zero-order chi connectivity index (χ0) is 10.6. The van der Waals surface area contributed by atoms with Crippen molar-refractivity contribution >= 4 is 22.6 Å². The van der Waals surface area contributed by atoms with Gasteiger partial charge in [0.15, 0.2) is 0 Å². The van der Waals surface area contributed by atoms with E-state index >= 15 is 0 Å². The number of nitrogens with one attached hydrogen (secondary N) is 1. The van der Waals surface area contributed by atoms with Crippen molar-refractivity contribution in [2.45, 2.75) is 26.2 Å². The quantitative estimate of drug-likeness (QED) is 0.779. The minimum atomic E-state index is -0.814. The van der Waals surface area contributed by atoms with E-state index in [1.807, 2.05) is 13.8 Å². The average Bonchev–Trinajstić information content (AvgIpc) is 2.52. The summed E-state index contributed by atoms with van der Waals surface area (Å²) in [7, 11) is 0. The molecule has 1 aromatic heterocycles. The summed E-state index contributed by atoms with van der Waals surface area (Å²) in [6.07, 6.45) is 0.0938. The number of anilines is 1. The van der Waals surface area contributed by atoms with Crippen LogP contribution in [-0.4, -0.2) is 27.0 Å². The molecule has 0 aliphatic heterocycles. The lowest BCUT2D eigenvalue weighted by Gasteiger charge is -1.98. The van der Waals surface area contributed by atoms with Gasteiger partial charge in [-0.1, -0.05) is 13.8 Å². The van der Waals surface area contributed by atoms with E-state index in [4.69, 9.17) is 5.11 Å². The maximum absolute atomic E-state index is 10.2. The Morgan fingerprint density at radius 3 is 2.86 bits per heavy atom. The van der Waals surface area contributed by atoms with Crippen LogP contribution in [-0.2, 0) is 4.79 Å². The Morgan fingerprint density at radius 1 is 1.64 bits per heavy atom. The van der Waals surface area contributed by atoms with Crippen LogP contribution in [0.2, 0.25) is 0 Å². The standard InChI is InChI=1S/C8H13N3O2S/c1-5(2)7-10-8(14-11-7)9-4-3-6(12)13/h5H,3-4H2,1-2H3,(H,12,13)(H,9,10,11). The summed E-state index contributed by atoms with van der Waals surface area (Å²) in [5, 5.41) is 12.0. The van der Waals surface area contributed by atoms with Crippen LogP contribution in [0.5, 0.6) is 0 Å². The summed E-state index contributed by atoms with van der Waals surface area (Å²) in [6, 6.07) is 0. The number of carboxylic acids is 1. The number of nitrogens with zero attached hydrogens (tertiary/aromatic N) is 2. The maximum atomic E-state index is 10.2. The molecule has 0 aliphatic carbocycles. The summed E-state index contributed by atoms with van der Waals surface area (Å²) in [5.41, 5.74) is 0. The van der Waals surface area contributed by atoms with Gasteiger partial charge in [-0.05, 0) is 0 Å². The van der Waals surface area contributed by atoms with E-state index in [-0.39, 0.29) is 6.42 Å². The molecular weight excluding hydrogens is 202 g/mol. The topological polar surface area (TPSA) is 75.1 Å². The molecule has 0 radical (unpaired) electrons. The second kappa shape index (κ2) is 4.90. The molecule has 0 aliphatic rings. The summed E-state index contributed by atoms with van der Waals surface area (Å²) in [6.45, 7) is 4.42. The lowest BCUT2D eigenvalue weighted by molar-refractivity contribution is -0.136. The Hall–Kier alpha value is -1.17. The van der Waals surface area contributed by atoms with Crippen molar-refractivity contribution in [1.29, 1.82) is 0 Å². The molecule has 0 spiro atoms. The van der Waals surface area contributed by atoms with Crippen LogP contribution in [0.1, 0.15) is 32.0 Å². The molecule has 0 atom stereocenters. The predicted octanol–water partition coefficient (Wildman–Crippen LogP) is 1.55. The largest absolute Gasteiger partial charge is 0.481 e. The number of aliphatic carboxylic acids is 1. The van der Waals surface area contributed by atoms with Crippen LogP contribution in [0.15, 0.2) is 0 Å². The van der Waals surface area contributed by atoms with Gasteiger partial charge in [0.2, 0.25) is 5.13 Å². The minimum absolute atomic E-state index is 0.0938. The fourth-order valence-electron chi connectivity index (χ4n) is 0.818. The number of carboxylic acid groups (broad SMARTS) is 1. The number of hydrogen-bond donors (Lipinski definition) is 2. The third-order valence-electron chi connectivity index (χ3n) is 1.57. The highest BCUT2D eigenvalue weighted by atomic mass is 32.1. The van der Waals surface area contributed by atoms with Gasteiger partial charge >= 0.3 is 5.97 Å². The first-order chi connectivity index (χ1) is 6.59. The van der Waals surface area contributed by atoms with Crippen molar-refractivity contribution in [3.63, 3.8) is 0 Å². The van der Waals surface area contributed by atoms with Crippen LogP contribution in [0.25, 0.3) is 0 Å². The normalized spacial score (nSPS) is 10.5. The van der Waals surface area contributed by atoms with E-state index in [2.05, 4.69) is 14.7 Å². The number of carbonyl (C=O) groups is 1. The Balaban J connectivity index is 2.40. The number of aromatic nitrogens is 2. The summed E-state index contributed by atoms with van der Waals surface area (Å²) < 4.78 is 4.13. The first kappa shape index (κ1) is 10.9. The van der Waals surface area contributed by atoms with E-state index in [0.717, 1.165) is 5.82 Å². The lowest BCUT2D eigenvalue weighted by atomic mass is 10.2. The predicted molar refractivity (Wildman–Crippen MR) is 54.7 cm³/mol. The molecule has 78 valence electrons. The summed E-state index contributed by atoms with van der Waals surface area (Å²) in [4.78, 5) is 14.4. The van der Waals surface area contributed by atoms with Gasteiger partial charge in [0, 0.05) is 24.0 Å². The van der Waals surface area contributed by atoms with Gasteiger partial charge in [0.05, 0.1) is 6.42 Å². The van der Waals surface area contributed by atoms with Crippen molar-refractivity contribution in [2.24, 2.45) is 0 Å². The van der Waals surface area contributed by atoms with E-state index in [9.17, 15) is 4.79 Å². The minimum Gasteiger partial charge on any atom is -0.481 e. The van der Waals surface area contributed by atoms with E-state index < -0.39 is 5.97 Å². The first-order valence-electron chi connectivity index (χ1n) is 4.39. The Kier molecular flexibility index (Phi) is 3.82. The lowest BCUT2D eigenvalue weighted by Crippen LogP contribution is -2.07. The van der Waals surface area contributed by atoms with Crippen LogP contribution in [0, 0.1) is 0 Å². The molecule has 0 fully saturated rings. The summed E-state index contributed by atoms with van der Waals surface area (Å²) in [5.74, 6) is 0.292. The summed E-state index contributed by atoms with van der Waals surface area (Å²) >= 11 is 1.26. The van der Waals surface area contributed by atoms with Gasteiger partial charge in [-0.3, -0.25) is 4.79 Å². The molecular formula is C8H13N3O2S. The van der Waals surface area contributed by atoms with Gasteiger partial charge in [-0.25, -0.2) is 4.98 Å². The molecule has 1 rings (SSSR count). The second-order valence-electron chi connectivity index (χ2n) is 3.18. The van der Waals surface area contributed by atoms with Gasteiger partial charge in [0.25, 0.3) is 0 Å². The smallest absolute Gasteiger partial charge is 0.305 e. The van der Waals surface area contributed by atoms with E-state index in [1.54, 1.807) is 0 Å². The van der Waals surface area contributed by atoms with Gasteiger partial charge in [-0.15, -0.1) is 0 Å². The Bertz CT molecular complexity index is 311. The monoisotopic (exact) mass is 215 g/mol. The average molecular weight is 215 g/mol. The van der Waals surface area contributed by atoms with Crippen molar-refractivity contribution in [3.05, 3.63) is 5.82 Å². The van der Waals surface area contributed by atoms with Crippen molar-refractivity contribution in [3.8, 4) is 0 Å². The number of rotatable bonds is 5. The van der Waals surface area contributed by atoms with Crippen molar-refractivity contribution in [1.82, 2.24) is 9.36 Å². The zero-order valence-corrected chi connectivity index (χ0v) is 8.97. The molecule has 1 heterocycles. The van der Waals surface area contributed by atoms with E-state index in [1.165, 1.54) is 11.5 Å². The SMILES string of the molecule is CC(C)c1nsc(NCCC(=O)O)n1. The molecule has 0 saturated heterocycles. The molecule has 14 heavy (non-hydrogen) atoms. The highest BCUT2D eigenvalue weighted by Crippen LogP contribution is 2.16. The highest BCUT2D eigenvalue weighted by molar-refractivity contribution is 7.09. The van der Waals surface area contributed by atoms with Crippen LogP contribution in [0.3, 0.4) is 0 Å². The van der Waals surface area contributed by atoms with Crippen molar-refractivity contribution < 1.29 is 9.90 Å². The second-order valence-corrected chi connectivity index (χ2v) is 3.93. The van der Waals surface area contributed by atoms with Crippen molar-refractivity contribution in [2.75, 3.05) is 11.9 Å². The molecule has 0 unspecified atom stereocenters. The van der Waals surface area contributed by atoms with E-state index in [0.29, 0.717) is 17.6 Å². The molecule has 0 saturated carbocycles. The fraction of sp³-hybridized carbons (Fsp3) is 0.625. The Morgan fingerprint density at radius 2 is 2.36 bits per heavy atom. The molecule has 0 bridgehead atoms. The molecule has 0 aromatic carbocycles. The molecule has 1 aromatic rings. The third-order valence-corrected chi connectivity index (χ3v) is 2.26. The molecule has 5 nitrogen and oxygen atoms in total. The van der Waals surface area contributed by atoms with Gasteiger partial charge < -0.3 is 10.4 Å². The Labute approximate surface area is 86.3 Å². The van der Waals surface area contributed by atoms with Gasteiger partial charge in [-0.2, -0.15) is 4.37 Å². The highest BCUT2D eigenvalue weighted by Gasteiger charge is 2.07. The van der Waals surface area contributed by atoms with Crippen LogP contribution in [0.4, 0.5) is 5.13 Å². The third kappa shape index (κ3) is 3.29. The first-order valence-corrected chi connectivity index (χ1v) is 5.16. The molecule has 0 amide bonds. The van der Waals surface area contributed by atoms with Gasteiger partial charge in [0.1, 0.15) is 5.82 Å².